The van der Waals surface area contributed by atoms with E-state index >= 15 is 0 Å². The highest BCUT2D eigenvalue weighted by molar-refractivity contribution is 7.90. The van der Waals surface area contributed by atoms with E-state index in [1.54, 1.807) is 11.6 Å². The van der Waals surface area contributed by atoms with Crippen LogP contribution in [0.5, 0.6) is 0 Å². The van der Waals surface area contributed by atoms with Gasteiger partial charge >= 0.3 is 0 Å². The Labute approximate surface area is 170 Å². The van der Waals surface area contributed by atoms with E-state index in [-0.39, 0.29) is 22.3 Å². The summed E-state index contributed by atoms with van der Waals surface area (Å²) in [6, 6.07) is 3.73. The van der Waals surface area contributed by atoms with Crippen molar-refractivity contribution in [2.45, 2.75) is 64.2 Å². The number of nitrogens with zero attached hydrogens (tertiary/aromatic N) is 2. The van der Waals surface area contributed by atoms with Gasteiger partial charge in [0.25, 0.3) is 5.56 Å². The zero-order chi connectivity index (χ0) is 20.6. The molecule has 3 rings (SSSR count). The molecule has 0 saturated carbocycles. The van der Waals surface area contributed by atoms with Gasteiger partial charge in [0.2, 0.25) is 0 Å². The minimum absolute atomic E-state index is 0.0420. The first-order valence-electron chi connectivity index (χ1n) is 9.86. The zero-order valence-electron chi connectivity index (χ0n) is 17.7. The number of aromatic nitrogens is 2. The molecule has 1 saturated heterocycles. The summed E-state index contributed by atoms with van der Waals surface area (Å²) < 4.78 is 22.7. The van der Waals surface area contributed by atoms with Gasteiger partial charge in [0.05, 0.1) is 23.6 Å². The number of fused-ring (bicyclic) bond motifs is 1. The summed E-state index contributed by atoms with van der Waals surface area (Å²) in [7, 11) is 1.79. The predicted octanol–water partition coefficient (Wildman–Crippen LogP) is 3.25. The number of rotatable bonds is 4. The quantitative estimate of drug-likeness (QED) is 0.790. The molecule has 154 valence electrons. The molecule has 6 nitrogen and oxygen atoms in total. The summed E-state index contributed by atoms with van der Waals surface area (Å²) in [5.41, 5.74) is 2.55. The number of nitrogens with one attached hydrogen (secondary N) is 1. The predicted molar refractivity (Wildman–Crippen MR) is 114 cm³/mol. The van der Waals surface area contributed by atoms with Crippen molar-refractivity contribution in [1.82, 2.24) is 14.3 Å². The maximum atomic E-state index is 13.1. The van der Waals surface area contributed by atoms with Crippen LogP contribution in [-0.2, 0) is 23.1 Å². The Morgan fingerprint density at radius 1 is 1.39 bits per heavy atom. The van der Waals surface area contributed by atoms with E-state index in [1.807, 2.05) is 46.8 Å². The lowest BCUT2D eigenvalue weighted by molar-refractivity contribution is 0.0770. The van der Waals surface area contributed by atoms with E-state index in [2.05, 4.69) is 4.72 Å². The Bertz CT molecular complexity index is 914. The maximum absolute atomic E-state index is 13.1. The van der Waals surface area contributed by atoms with Crippen molar-refractivity contribution in [2.75, 3.05) is 13.2 Å². The number of hydrogen-bond acceptors (Lipinski definition) is 5. The molecule has 1 N–H and O–H groups in total. The number of benzene rings is 1. The highest BCUT2D eigenvalue weighted by atomic mass is 32.2. The normalized spacial score (nSPS) is 20.3. The van der Waals surface area contributed by atoms with Gasteiger partial charge in [-0.15, -0.1) is 4.72 Å². The van der Waals surface area contributed by atoms with E-state index in [0.717, 1.165) is 36.4 Å². The molecule has 0 radical (unpaired) electrons. The molecule has 0 aliphatic carbocycles. The Hall–Kier alpha value is -1.41. The average molecular weight is 406 g/mol. The standard InChI is InChI=1S/C21H31N3O3S/c1-13-10-16(14(2)23-28(26)21(3,4)5)18-17(11-13)20(25)24(6)19(22-18)15-8-7-9-27-12-15/h10-11,14-15,23H,7-9,12H2,1-6H3/t14-,15?,28?/m1/s1. The molecule has 1 aliphatic rings. The summed E-state index contributed by atoms with van der Waals surface area (Å²) >= 11 is -1.22. The SMILES string of the molecule is Cc1cc([C@@H](C)N[S+]([O-])C(C)(C)C)c2nc(C3CCCOC3)n(C)c(=O)c2c1. The molecule has 3 atom stereocenters. The molecule has 1 aliphatic heterocycles. The molecular weight excluding hydrogens is 374 g/mol. The van der Waals surface area contributed by atoms with Gasteiger partial charge in [0, 0.05) is 36.5 Å². The molecule has 7 heteroatoms. The number of hydrogen-bond donors (Lipinski definition) is 1. The summed E-state index contributed by atoms with van der Waals surface area (Å²) in [5, 5.41) is 0.605. The van der Waals surface area contributed by atoms with Crippen LogP contribution in [0, 0.1) is 6.92 Å². The highest BCUT2D eigenvalue weighted by Crippen LogP contribution is 2.29. The molecule has 28 heavy (non-hydrogen) atoms. The van der Waals surface area contributed by atoms with E-state index in [0.29, 0.717) is 17.5 Å². The van der Waals surface area contributed by atoms with Gasteiger partial charge in [-0.25, -0.2) is 4.98 Å². The fraction of sp³-hybridized carbons (Fsp3) is 0.619. The third kappa shape index (κ3) is 4.27. The van der Waals surface area contributed by atoms with Crippen LogP contribution < -0.4 is 10.3 Å². The second-order valence-electron chi connectivity index (χ2n) is 8.72. The molecule has 2 heterocycles. The Morgan fingerprint density at radius 2 is 2.11 bits per heavy atom. The van der Waals surface area contributed by atoms with E-state index in [1.165, 1.54) is 0 Å². The number of ether oxygens (including phenoxy) is 1. The summed E-state index contributed by atoms with van der Waals surface area (Å²) in [5.74, 6) is 0.892. The molecule has 0 amide bonds. The lowest BCUT2D eigenvalue weighted by atomic mass is 9.99. The van der Waals surface area contributed by atoms with Crippen LogP contribution in [-0.4, -0.2) is 32.1 Å². The Balaban J connectivity index is 2.12. The lowest BCUT2D eigenvalue weighted by Crippen LogP contribution is -2.40. The van der Waals surface area contributed by atoms with Gasteiger partial charge < -0.3 is 9.29 Å². The molecule has 2 unspecified atom stereocenters. The summed E-state index contributed by atoms with van der Waals surface area (Å²) in [4.78, 5) is 18.0. The highest BCUT2D eigenvalue weighted by Gasteiger charge is 2.30. The van der Waals surface area contributed by atoms with Crippen molar-refractivity contribution in [1.29, 1.82) is 0 Å². The van der Waals surface area contributed by atoms with Crippen molar-refractivity contribution in [3.8, 4) is 0 Å². The van der Waals surface area contributed by atoms with Crippen molar-refractivity contribution < 1.29 is 9.29 Å². The maximum Gasteiger partial charge on any atom is 0.261 e. The first-order chi connectivity index (χ1) is 13.1. The minimum Gasteiger partial charge on any atom is -0.598 e. The number of aryl methyl sites for hydroxylation is 1. The average Bonchev–Trinajstić information content (AvgIpc) is 2.64. The third-order valence-electron chi connectivity index (χ3n) is 5.22. The van der Waals surface area contributed by atoms with Gasteiger partial charge in [-0.1, -0.05) is 6.07 Å². The van der Waals surface area contributed by atoms with Crippen LogP contribution in [0.2, 0.25) is 0 Å². The molecule has 1 aromatic heterocycles. The van der Waals surface area contributed by atoms with Crippen LogP contribution in [0.15, 0.2) is 16.9 Å². The van der Waals surface area contributed by atoms with Gasteiger partial charge in [-0.2, -0.15) is 0 Å². The van der Waals surface area contributed by atoms with Crippen LogP contribution in [0.1, 0.15) is 69.4 Å². The van der Waals surface area contributed by atoms with Crippen LogP contribution >= 0.6 is 0 Å². The van der Waals surface area contributed by atoms with Crippen LogP contribution in [0.25, 0.3) is 10.9 Å². The van der Waals surface area contributed by atoms with E-state index < -0.39 is 11.4 Å². The van der Waals surface area contributed by atoms with Crippen LogP contribution in [0.4, 0.5) is 0 Å². The molecule has 2 aromatic rings. The van der Waals surface area contributed by atoms with Crippen molar-refractivity contribution in [3.63, 3.8) is 0 Å². The van der Waals surface area contributed by atoms with E-state index in [9.17, 15) is 9.35 Å². The molecule has 1 aromatic carbocycles. The zero-order valence-corrected chi connectivity index (χ0v) is 18.5. The third-order valence-corrected chi connectivity index (χ3v) is 6.90. The molecule has 0 spiro atoms. The Kier molecular flexibility index (Phi) is 6.20. The minimum atomic E-state index is -1.22. The van der Waals surface area contributed by atoms with Crippen molar-refractivity contribution in [2.24, 2.45) is 7.05 Å². The first kappa shape index (κ1) is 21.3. The second kappa shape index (κ2) is 8.14. The van der Waals surface area contributed by atoms with Crippen molar-refractivity contribution >= 4 is 22.3 Å². The Morgan fingerprint density at radius 3 is 2.71 bits per heavy atom. The second-order valence-corrected chi connectivity index (χ2v) is 10.7. The van der Waals surface area contributed by atoms with Gasteiger partial charge in [-0.05, 0) is 59.1 Å². The largest absolute Gasteiger partial charge is 0.598 e. The summed E-state index contributed by atoms with van der Waals surface area (Å²) in [6.07, 6.45) is 1.94. The van der Waals surface area contributed by atoms with Gasteiger partial charge in [0.1, 0.15) is 10.6 Å². The van der Waals surface area contributed by atoms with Crippen molar-refractivity contribution in [3.05, 3.63) is 39.4 Å². The molecular formula is C21H31N3O3S. The van der Waals surface area contributed by atoms with Gasteiger partial charge in [-0.3, -0.25) is 9.36 Å². The fourth-order valence-electron chi connectivity index (χ4n) is 3.61. The molecule has 0 bridgehead atoms. The fourth-order valence-corrected chi connectivity index (χ4v) is 4.41. The van der Waals surface area contributed by atoms with Crippen LogP contribution in [0.3, 0.4) is 0 Å². The molecule has 1 fully saturated rings. The lowest BCUT2D eigenvalue weighted by Gasteiger charge is -2.27. The topological polar surface area (TPSA) is 79.2 Å². The van der Waals surface area contributed by atoms with Gasteiger partial charge in [0.15, 0.2) is 0 Å². The van der Waals surface area contributed by atoms with E-state index in [4.69, 9.17) is 9.72 Å². The first-order valence-corrected chi connectivity index (χ1v) is 11.0. The summed E-state index contributed by atoms with van der Waals surface area (Å²) in [6.45, 7) is 11.1. The smallest absolute Gasteiger partial charge is 0.261 e. The monoisotopic (exact) mass is 405 g/mol.